The highest BCUT2D eigenvalue weighted by Crippen LogP contribution is 2.43. The lowest BCUT2D eigenvalue weighted by atomic mass is 9.88. The number of nitrogens with one attached hydrogen (secondary N) is 2. The fourth-order valence-corrected chi connectivity index (χ4v) is 7.32. The van der Waals surface area contributed by atoms with E-state index in [1.54, 1.807) is 18.5 Å². The molecule has 0 saturated carbocycles. The second-order valence-corrected chi connectivity index (χ2v) is 14.1. The van der Waals surface area contributed by atoms with E-state index >= 15 is 0 Å². The zero-order valence-corrected chi connectivity index (χ0v) is 26.6. The van der Waals surface area contributed by atoms with Crippen LogP contribution < -0.4 is 20.4 Å². The number of aromatic nitrogens is 3. The van der Waals surface area contributed by atoms with Gasteiger partial charge in [0.1, 0.15) is 27.6 Å². The molecule has 0 aliphatic carbocycles. The van der Waals surface area contributed by atoms with Gasteiger partial charge >= 0.3 is 0 Å². The summed E-state index contributed by atoms with van der Waals surface area (Å²) in [4.78, 5) is 30.1. The van der Waals surface area contributed by atoms with E-state index < -0.39 is 22.1 Å². The number of alkyl halides is 1. The molecule has 3 aromatic rings. The Morgan fingerprint density at radius 1 is 1.23 bits per heavy atom. The lowest BCUT2D eigenvalue weighted by Gasteiger charge is -2.48. The summed E-state index contributed by atoms with van der Waals surface area (Å²) in [5.74, 6) is 1.31. The molecular formula is C31H40FN7O4S. The Hall–Kier alpha value is -3.84. The van der Waals surface area contributed by atoms with Crippen molar-refractivity contribution in [3.8, 4) is 0 Å². The first-order valence-electron chi connectivity index (χ1n) is 14.7. The number of pyridine rings is 1. The Bertz CT molecular complexity index is 1670. The highest BCUT2D eigenvalue weighted by atomic mass is 32.2. The number of rotatable bonds is 10. The summed E-state index contributed by atoms with van der Waals surface area (Å²) in [5.41, 5.74) is 2.46. The number of hydrogen-bond donors (Lipinski definition) is 2. The second kappa shape index (κ2) is 12.6. The molecule has 4 atom stereocenters. The SMILES string of the molecule is C=CC(=O)Nc1cc(N2C[C@H](CS(C)(=O)=O)[C@H]2C)c2cnc(Nc3ccnc(N4CC[C@@H](OC)[C@H](F)C4)n3)cc2c1C(C)C. The molecule has 11 nitrogen and oxygen atoms in total. The molecule has 0 radical (unpaired) electrons. The van der Waals surface area contributed by atoms with Crippen LogP contribution in [0.15, 0.2) is 43.2 Å². The molecule has 2 aliphatic heterocycles. The predicted octanol–water partition coefficient (Wildman–Crippen LogP) is 4.45. The molecule has 13 heteroatoms. The van der Waals surface area contributed by atoms with Gasteiger partial charge in [-0.15, -0.1) is 0 Å². The van der Waals surface area contributed by atoms with Crippen molar-refractivity contribution in [2.24, 2.45) is 5.92 Å². The van der Waals surface area contributed by atoms with Gasteiger partial charge in [-0.05, 0) is 54.5 Å². The molecule has 1 amide bonds. The second-order valence-electron chi connectivity index (χ2n) is 12.0. The number of amides is 1. The van der Waals surface area contributed by atoms with Gasteiger partial charge in [0.2, 0.25) is 11.9 Å². The highest BCUT2D eigenvalue weighted by Gasteiger charge is 2.39. The topological polar surface area (TPSA) is 130 Å². The third-order valence-electron chi connectivity index (χ3n) is 8.46. The minimum Gasteiger partial charge on any atom is -0.378 e. The molecule has 2 N–H and O–H groups in total. The number of ether oxygens (including phenoxy) is 1. The number of hydrogen-bond acceptors (Lipinski definition) is 10. The van der Waals surface area contributed by atoms with Crippen LogP contribution in [0, 0.1) is 5.92 Å². The van der Waals surface area contributed by atoms with Crippen LogP contribution in [0.3, 0.4) is 0 Å². The fourth-order valence-electron chi connectivity index (χ4n) is 6.15. The first kappa shape index (κ1) is 31.6. The van der Waals surface area contributed by atoms with E-state index in [1.165, 1.54) is 19.4 Å². The molecule has 0 spiro atoms. The van der Waals surface area contributed by atoms with Crippen LogP contribution in [0.25, 0.3) is 10.8 Å². The first-order valence-corrected chi connectivity index (χ1v) is 16.8. The Kier molecular flexibility index (Phi) is 9.07. The van der Waals surface area contributed by atoms with Crippen LogP contribution in [-0.2, 0) is 19.4 Å². The van der Waals surface area contributed by atoms with Crippen LogP contribution >= 0.6 is 0 Å². The largest absolute Gasteiger partial charge is 0.378 e. The predicted molar refractivity (Wildman–Crippen MR) is 173 cm³/mol. The zero-order chi connectivity index (χ0) is 31.8. The summed E-state index contributed by atoms with van der Waals surface area (Å²) in [7, 11) is -1.59. The third-order valence-corrected chi connectivity index (χ3v) is 9.49. The van der Waals surface area contributed by atoms with E-state index in [0.717, 1.165) is 22.0 Å². The van der Waals surface area contributed by atoms with Crippen molar-refractivity contribution in [3.05, 3.63) is 48.8 Å². The van der Waals surface area contributed by atoms with Crippen LogP contribution in [0.2, 0.25) is 0 Å². The average molecular weight is 626 g/mol. The van der Waals surface area contributed by atoms with Crippen molar-refractivity contribution >= 4 is 55.5 Å². The molecule has 2 fully saturated rings. The number of halogens is 1. The van der Waals surface area contributed by atoms with E-state index in [0.29, 0.717) is 42.8 Å². The Morgan fingerprint density at radius 3 is 2.64 bits per heavy atom. The number of carbonyl (C=O) groups excluding carboxylic acids is 1. The van der Waals surface area contributed by atoms with E-state index in [9.17, 15) is 17.6 Å². The monoisotopic (exact) mass is 625 g/mol. The minimum atomic E-state index is -3.12. The molecule has 0 bridgehead atoms. The van der Waals surface area contributed by atoms with Crippen LogP contribution in [-0.4, -0.2) is 86.3 Å². The molecule has 0 unspecified atom stereocenters. The maximum Gasteiger partial charge on any atom is 0.247 e. The van der Waals surface area contributed by atoms with Gasteiger partial charge in [-0.3, -0.25) is 4.79 Å². The normalized spacial score (nSPS) is 22.2. The summed E-state index contributed by atoms with van der Waals surface area (Å²) < 4.78 is 43.7. The molecule has 44 heavy (non-hydrogen) atoms. The maximum atomic E-state index is 14.5. The molecule has 1 aromatic carbocycles. The quantitative estimate of drug-likeness (QED) is 0.312. The number of methoxy groups -OCH3 is 1. The highest BCUT2D eigenvalue weighted by molar-refractivity contribution is 7.90. The third kappa shape index (κ3) is 6.63. The van der Waals surface area contributed by atoms with Crippen molar-refractivity contribution in [2.75, 3.05) is 59.2 Å². The van der Waals surface area contributed by atoms with E-state index in [-0.39, 0.29) is 36.1 Å². The Morgan fingerprint density at radius 2 is 2.00 bits per heavy atom. The van der Waals surface area contributed by atoms with Crippen molar-refractivity contribution in [1.29, 1.82) is 0 Å². The molecule has 5 rings (SSSR count). The first-order chi connectivity index (χ1) is 20.9. The lowest BCUT2D eigenvalue weighted by molar-refractivity contribution is -0.111. The van der Waals surface area contributed by atoms with E-state index in [2.05, 4.69) is 45.9 Å². The maximum absolute atomic E-state index is 14.5. The van der Waals surface area contributed by atoms with E-state index in [1.807, 2.05) is 24.0 Å². The van der Waals surface area contributed by atoms with Crippen LogP contribution in [0.4, 0.5) is 33.3 Å². The molecule has 4 heterocycles. The number of piperidine rings is 1. The van der Waals surface area contributed by atoms with E-state index in [4.69, 9.17) is 9.72 Å². The number of sulfone groups is 1. The summed E-state index contributed by atoms with van der Waals surface area (Å²) >= 11 is 0. The summed E-state index contributed by atoms with van der Waals surface area (Å²) in [5, 5.41) is 8.03. The van der Waals surface area contributed by atoms with Gasteiger partial charge in [0.25, 0.3) is 0 Å². The molecular weight excluding hydrogens is 585 g/mol. The van der Waals surface area contributed by atoms with Crippen molar-refractivity contribution in [1.82, 2.24) is 15.0 Å². The van der Waals surface area contributed by atoms with Crippen molar-refractivity contribution < 1.29 is 22.3 Å². The van der Waals surface area contributed by atoms with Gasteiger partial charge < -0.3 is 25.2 Å². The average Bonchev–Trinajstić information content (AvgIpc) is 2.97. The summed E-state index contributed by atoms with van der Waals surface area (Å²) in [6.45, 7) is 11.0. The summed E-state index contributed by atoms with van der Waals surface area (Å²) in [6.07, 6.45) is 4.89. The smallest absolute Gasteiger partial charge is 0.247 e. The van der Waals surface area contributed by atoms with Crippen LogP contribution in [0.1, 0.15) is 38.7 Å². The number of anilines is 5. The van der Waals surface area contributed by atoms with Crippen LogP contribution in [0.5, 0.6) is 0 Å². The van der Waals surface area contributed by atoms with Gasteiger partial charge in [-0.2, -0.15) is 4.98 Å². The fraction of sp³-hybridized carbons (Fsp3) is 0.484. The Labute approximate surface area is 257 Å². The lowest BCUT2D eigenvalue weighted by Crippen LogP contribution is -2.57. The standard InChI is InChI=1S/C31H40FN7O4S/c1-7-29(40)35-24-13-25(39-15-20(19(39)4)17-44(6,41)42)22-14-34-28(12-21(22)30(24)18(2)3)36-27-8-10-33-31(37-27)38-11-9-26(43-5)23(32)16-38/h7-8,10,12-14,18-20,23,26H,1,9,11,15-17H2,2-6H3,(H,35,40)(H,33,34,36,37)/t19-,20-,23-,26-/m1/s1. The molecule has 2 aromatic heterocycles. The minimum absolute atomic E-state index is 0.00450. The van der Waals surface area contributed by atoms with Crippen molar-refractivity contribution in [3.63, 3.8) is 0 Å². The summed E-state index contributed by atoms with van der Waals surface area (Å²) in [6, 6.07) is 5.59. The number of fused-ring (bicyclic) bond motifs is 1. The molecule has 2 saturated heterocycles. The number of carbonyl (C=O) groups is 1. The molecule has 236 valence electrons. The van der Waals surface area contributed by atoms with Gasteiger partial charge in [-0.1, -0.05) is 20.4 Å². The number of nitrogens with zero attached hydrogens (tertiary/aromatic N) is 5. The zero-order valence-electron chi connectivity index (χ0n) is 25.7. The van der Waals surface area contributed by atoms with Crippen molar-refractivity contribution in [2.45, 2.75) is 51.4 Å². The molecule has 2 aliphatic rings. The number of benzene rings is 1. The van der Waals surface area contributed by atoms with Gasteiger partial charge in [0.15, 0.2) is 0 Å². The Balaban J connectivity index is 1.51. The van der Waals surface area contributed by atoms with Gasteiger partial charge in [-0.25, -0.2) is 22.8 Å². The van der Waals surface area contributed by atoms with Gasteiger partial charge in [0, 0.05) is 67.6 Å². The van der Waals surface area contributed by atoms with Gasteiger partial charge in [0.05, 0.1) is 18.4 Å².